The summed E-state index contributed by atoms with van der Waals surface area (Å²) in [5.74, 6) is 2.62. The molecular weight excluding hydrogens is 362 g/mol. The van der Waals surface area contributed by atoms with Gasteiger partial charge in [0.25, 0.3) is 0 Å². The Bertz CT molecular complexity index is 803. The Labute approximate surface area is 165 Å². The van der Waals surface area contributed by atoms with E-state index in [1.165, 1.54) is 6.42 Å². The van der Waals surface area contributed by atoms with E-state index in [9.17, 15) is 4.79 Å². The van der Waals surface area contributed by atoms with Crippen molar-refractivity contribution in [3.05, 3.63) is 29.1 Å². The largest absolute Gasteiger partial charge is 0.440 e. The van der Waals surface area contributed by atoms with Gasteiger partial charge in [0.2, 0.25) is 5.91 Å². The maximum Gasteiger partial charge on any atom is 0.236 e. The molecule has 0 radical (unpaired) electrons. The molecule has 0 spiro atoms. The average Bonchev–Trinajstić information content (AvgIpc) is 3.04. The van der Waals surface area contributed by atoms with Gasteiger partial charge in [0.15, 0.2) is 11.5 Å². The summed E-state index contributed by atoms with van der Waals surface area (Å²) >= 11 is 6.04. The molecule has 1 aromatic heterocycles. The number of oxazole rings is 1. The predicted molar refractivity (Wildman–Crippen MR) is 107 cm³/mol. The van der Waals surface area contributed by atoms with Crippen LogP contribution in [0.2, 0.25) is 5.02 Å². The zero-order chi connectivity index (χ0) is 19.0. The molecule has 0 aliphatic carbocycles. The number of amides is 1. The smallest absolute Gasteiger partial charge is 0.236 e. The standard InChI is InChI=1S/C21H28ClN3O2/c1-14-9-15(2)12-25(11-14)20(26)13-24-7-5-16(6-8-24)21-23-18-10-17(22)3-4-19(18)27-21/h3-4,10,14-16H,5-9,11-13H2,1-2H3. The molecule has 5 nitrogen and oxygen atoms in total. The lowest BCUT2D eigenvalue weighted by atomic mass is 9.92. The van der Waals surface area contributed by atoms with Gasteiger partial charge in [-0.2, -0.15) is 0 Å². The molecule has 4 rings (SSSR count). The van der Waals surface area contributed by atoms with Crippen LogP contribution in [0, 0.1) is 11.8 Å². The van der Waals surface area contributed by atoms with Crippen LogP contribution in [0.4, 0.5) is 0 Å². The van der Waals surface area contributed by atoms with Gasteiger partial charge in [-0.1, -0.05) is 25.4 Å². The Hall–Kier alpha value is -1.59. The summed E-state index contributed by atoms with van der Waals surface area (Å²) in [5.41, 5.74) is 1.61. The monoisotopic (exact) mass is 389 g/mol. The maximum absolute atomic E-state index is 12.7. The summed E-state index contributed by atoms with van der Waals surface area (Å²) in [4.78, 5) is 21.7. The SMILES string of the molecule is CC1CC(C)CN(C(=O)CN2CCC(c3nc4cc(Cl)ccc4o3)CC2)C1. The Balaban J connectivity index is 1.32. The predicted octanol–water partition coefficient (Wildman–Crippen LogP) is 4.17. The summed E-state index contributed by atoms with van der Waals surface area (Å²) in [7, 11) is 0. The number of aromatic nitrogens is 1. The van der Waals surface area contributed by atoms with E-state index in [4.69, 9.17) is 16.0 Å². The van der Waals surface area contributed by atoms with Crippen LogP contribution in [0.15, 0.2) is 22.6 Å². The zero-order valence-electron chi connectivity index (χ0n) is 16.2. The van der Waals surface area contributed by atoms with Crippen LogP contribution in [0.3, 0.4) is 0 Å². The average molecular weight is 390 g/mol. The summed E-state index contributed by atoms with van der Waals surface area (Å²) in [6, 6.07) is 5.55. The number of carbonyl (C=O) groups excluding carboxylic acids is 1. The summed E-state index contributed by atoms with van der Waals surface area (Å²) in [5, 5.41) is 0.678. The van der Waals surface area contributed by atoms with Gasteiger partial charge in [-0.05, 0) is 62.4 Å². The third-order valence-corrected chi connectivity index (χ3v) is 6.12. The number of halogens is 1. The number of nitrogens with zero attached hydrogens (tertiary/aromatic N) is 3. The van der Waals surface area contributed by atoms with E-state index in [-0.39, 0.29) is 5.91 Å². The van der Waals surface area contributed by atoms with Gasteiger partial charge in [0.05, 0.1) is 6.54 Å². The van der Waals surface area contributed by atoms with Crippen molar-refractivity contribution >= 4 is 28.6 Å². The van der Waals surface area contributed by atoms with Gasteiger partial charge < -0.3 is 9.32 Å². The van der Waals surface area contributed by atoms with Gasteiger partial charge in [-0.15, -0.1) is 0 Å². The van der Waals surface area contributed by atoms with Crippen molar-refractivity contribution in [2.75, 3.05) is 32.7 Å². The van der Waals surface area contributed by atoms with E-state index in [0.717, 1.165) is 56.0 Å². The van der Waals surface area contributed by atoms with Crippen LogP contribution < -0.4 is 0 Å². The van der Waals surface area contributed by atoms with Crippen LogP contribution in [0.1, 0.15) is 44.9 Å². The van der Waals surface area contributed by atoms with E-state index in [1.807, 2.05) is 18.2 Å². The highest BCUT2D eigenvalue weighted by Gasteiger charge is 2.29. The fraction of sp³-hybridized carbons (Fsp3) is 0.619. The summed E-state index contributed by atoms with van der Waals surface area (Å²) < 4.78 is 5.93. The molecule has 6 heteroatoms. The van der Waals surface area contributed by atoms with Crippen molar-refractivity contribution in [2.24, 2.45) is 11.8 Å². The second-order valence-corrected chi connectivity index (χ2v) is 8.90. The van der Waals surface area contributed by atoms with Crippen molar-refractivity contribution in [1.82, 2.24) is 14.8 Å². The first-order chi connectivity index (χ1) is 13.0. The maximum atomic E-state index is 12.7. The molecular formula is C21H28ClN3O2. The van der Waals surface area contributed by atoms with Gasteiger partial charge >= 0.3 is 0 Å². The fourth-order valence-corrected chi connectivity index (χ4v) is 4.76. The van der Waals surface area contributed by atoms with Crippen molar-refractivity contribution in [1.29, 1.82) is 0 Å². The first kappa shape index (κ1) is 18.8. The minimum Gasteiger partial charge on any atom is -0.440 e. The number of carbonyl (C=O) groups is 1. The van der Waals surface area contributed by atoms with E-state index in [2.05, 4.69) is 28.6 Å². The highest BCUT2D eigenvalue weighted by Crippen LogP contribution is 2.31. The number of hydrogen-bond acceptors (Lipinski definition) is 4. The van der Waals surface area contributed by atoms with Crippen LogP contribution in [0.5, 0.6) is 0 Å². The molecule has 2 aromatic rings. The molecule has 27 heavy (non-hydrogen) atoms. The first-order valence-electron chi connectivity index (χ1n) is 10.0. The molecule has 2 aliphatic heterocycles. The number of piperidine rings is 2. The van der Waals surface area contributed by atoms with Crippen LogP contribution in [-0.4, -0.2) is 53.4 Å². The molecule has 1 amide bonds. The van der Waals surface area contributed by atoms with E-state index >= 15 is 0 Å². The first-order valence-corrected chi connectivity index (χ1v) is 10.4. The highest BCUT2D eigenvalue weighted by molar-refractivity contribution is 6.31. The number of likely N-dealkylation sites (tertiary alicyclic amines) is 2. The number of hydrogen-bond donors (Lipinski definition) is 0. The molecule has 1 aromatic carbocycles. The Morgan fingerprint density at radius 1 is 1.22 bits per heavy atom. The minimum absolute atomic E-state index is 0.281. The topological polar surface area (TPSA) is 49.6 Å². The van der Waals surface area contributed by atoms with Crippen molar-refractivity contribution in [3.63, 3.8) is 0 Å². The zero-order valence-corrected chi connectivity index (χ0v) is 16.9. The third kappa shape index (κ3) is 4.30. The van der Waals surface area contributed by atoms with E-state index in [0.29, 0.717) is 29.3 Å². The molecule has 2 atom stereocenters. The van der Waals surface area contributed by atoms with Gasteiger partial charge in [-0.25, -0.2) is 4.98 Å². The van der Waals surface area contributed by atoms with Crippen molar-refractivity contribution in [2.45, 2.75) is 39.0 Å². The molecule has 2 fully saturated rings. The summed E-state index contributed by atoms with van der Waals surface area (Å²) in [6.45, 7) is 8.67. The minimum atomic E-state index is 0.281. The second kappa shape index (κ2) is 7.80. The van der Waals surface area contributed by atoms with E-state index in [1.54, 1.807) is 0 Å². The second-order valence-electron chi connectivity index (χ2n) is 8.46. The fourth-order valence-electron chi connectivity index (χ4n) is 4.59. The van der Waals surface area contributed by atoms with Gasteiger partial charge in [0, 0.05) is 24.0 Å². The van der Waals surface area contributed by atoms with Crippen LogP contribution in [0.25, 0.3) is 11.1 Å². The molecule has 2 unspecified atom stereocenters. The molecule has 3 heterocycles. The molecule has 146 valence electrons. The van der Waals surface area contributed by atoms with Gasteiger partial charge in [0.1, 0.15) is 5.52 Å². The van der Waals surface area contributed by atoms with Crippen molar-refractivity contribution in [3.8, 4) is 0 Å². The Morgan fingerprint density at radius 3 is 2.63 bits per heavy atom. The molecule has 2 saturated heterocycles. The lowest BCUT2D eigenvalue weighted by molar-refractivity contribution is -0.135. The lowest BCUT2D eigenvalue weighted by Crippen LogP contribution is -2.48. The van der Waals surface area contributed by atoms with Crippen LogP contribution in [-0.2, 0) is 4.79 Å². The molecule has 0 N–H and O–H groups in total. The van der Waals surface area contributed by atoms with E-state index < -0.39 is 0 Å². The number of fused-ring (bicyclic) bond motifs is 1. The Morgan fingerprint density at radius 2 is 1.93 bits per heavy atom. The molecule has 0 saturated carbocycles. The lowest BCUT2D eigenvalue weighted by Gasteiger charge is -2.37. The highest BCUT2D eigenvalue weighted by atomic mass is 35.5. The quantitative estimate of drug-likeness (QED) is 0.790. The third-order valence-electron chi connectivity index (χ3n) is 5.88. The number of benzene rings is 1. The van der Waals surface area contributed by atoms with Crippen molar-refractivity contribution < 1.29 is 9.21 Å². The Kier molecular flexibility index (Phi) is 5.42. The number of rotatable bonds is 3. The molecule has 0 bridgehead atoms. The van der Waals surface area contributed by atoms with Gasteiger partial charge in [-0.3, -0.25) is 9.69 Å². The molecule has 2 aliphatic rings. The van der Waals surface area contributed by atoms with Crippen LogP contribution >= 0.6 is 11.6 Å². The summed E-state index contributed by atoms with van der Waals surface area (Å²) in [6.07, 6.45) is 3.17. The normalized spacial score (nSPS) is 25.2.